The molecule has 4 rings (SSSR count). The third-order valence-corrected chi connectivity index (χ3v) is 6.20. The molecule has 0 spiro atoms. The summed E-state index contributed by atoms with van der Waals surface area (Å²) < 4.78 is 11.9. The van der Waals surface area contributed by atoms with Crippen molar-refractivity contribution < 1.29 is 19.1 Å². The van der Waals surface area contributed by atoms with Crippen LogP contribution in [0.1, 0.15) is 41.0 Å². The molecule has 3 aromatic rings. The minimum atomic E-state index is -0.303. The van der Waals surface area contributed by atoms with Crippen molar-refractivity contribution in [2.24, 2.45) is 0 Å². The van der Waals surface area contributed by atoms with Crippen molar-refractivity contribution in [3.63, 3.8) is 0 Å². The van der Waals surface area contributed by atoms with Crippen molar-refractivity contribution in [3.05, 3.63) is 65.2 Å². The number of aromatic nitrogens is 1. The monoisotopic (exact) mass is 494 g/mol. The number of anilines is 1. The van der Waals surface area contributed by atoms with Gasteiger partial charge in [0, 0.05) is 48.4 Å². The van der Waals surface area contributed by atoms with E-state index in [4.69, 9.17) is 9.47 Å². The molecular weight excluding hydrogens is 464 g/mol. The maximum atomic E-state index is 12.9. The van der Waals surface area contributed by atoms with Crippen molar-refractivity contribution in [3.8, 4) is 17.2 Å². The zero-order chi connectivity index (χ0) is 24.8. The van der Waals surface area contributed by atoms with Gasteiger partial charge in [-0.15, -0.1) is 11.3 Å². The van der Waals surface area contributed by atoms with E-state index in [0.29, 0.717) is 33.5 Å². The predicted octanol–water partition coefficient (Wildman–Crippen LogP) is 4.75. The summed E-state index contributed by atoms with van der Waals surface area (Å²) in [5, 5.41) is 5.09. The number of carbonyl (C=O) groups excluding carboxylic acids is 2. The minimum absolute atomic E-state index is 0.0281. The second kappa shape index (κ2) is 11.3. The van der Waals surface area contributed by atoms with Gasteiger partial charge >= 0.3 is 0 Å². The van der Waals surface area contributed by atoms with Gasteiger partial charge in [0.05, 0.1) is 6.10 Å². The van der Waals surface area contributed by atoms with Crippen molar-refractivity contribution in [1.82, 2.24) is 14.8 Å². The van der Waals surface area contributed by atoms with Gasteiger partial charge in [0.1, 0.15) is 17.2 Å². The Labute approximate surface area is 209 Å². The first-order chi connectivity index (χ1) is 16.9. The average Bonchev–Trinajstić information content (AvgIpc) is 3.24. The Balaban J connectivity index is 1.49. The third kappa shape index (κ3) is 6.80. The van der Waals surface area contributed by atoms with Crippen molar-refractivity contribution in [2.45, 2.75) is 26.4 Å². The molecule has 2 aromatic carbocycles. The minimum Gasteiger partial charge on any atom is -0.491 e. The number of thiazole rings is 1. The summed E-state index contributed by atoms with van der Waals surface area (Å²) in [5.74, 6) is 1.27. The average molecular weight is 495 g/mol. The van der Waals surface area contributed by atoms with E-state index in [1.54, 1.807) is 54.0 Å². The van der Waals surface area contributed by atoms with Crippen LogP contribution in [0.25, 0.3) is 0 Å². The summed E-state index contributed by atoms with van der Waals surface area (Å²) in [7, 11) is 2.08. The molecule has 1 aliphatic rings. The molecule has 1 aliphatic heterocycles. The molecule has 1 fully saturated rings. The Morgan fingerprint density at radius 1 is 0.971 bits per heavy atom. The molecular formula is C26H30N4O4S. The second-order valence-electron chi connectivity index (χ2n) is 8.73. The summed E-state index contributed by atoms with van der Waals surface area (Å²) in [6, 6.07) is 12.2. The van der Waals surface area contributed by atoms with Crippen LogP contribution >= 0.6 is 11.3 Å². The maximum Gasteiger partial charge on any atom is 0.257 e. The van der Waals surface area contributed by atoms with E-state index >= 15 is 0 Å². The Morgan fingerprint density at radius 2 is 1.74 bits per heavy atom. The van der Waals surface area contributed by atoms with E-state index < -0.39 is 0 Å². The summed E-state index contributed by atoms with van der Waals surface area (Å²) in [6.07, 6.45) is 2.54. The lowest BCUT2D eigenvalue weighted by Crippen LogP contribution is -2.34. The maximum absolute atomic E-state index is 12.9. The van der Waals surface area contributed by atoms with Gasteiger partial charge in [0.25, 0.3) is 11.8 Å². The first-order valence-electron chi connectivity index (χ1n) is 11.7. The van der Waals surface area contributed by atoms with Crippen LogP contribution in [-0.4, -0.2) is 65.9 Å². The van der Waals surface area contributed by atoms with Gasteiger partial charge in [-0.2, -0.15) is 0 Å². The molecule has 0 aliphatic carbocycles. The lowest BCUT2D eigenvalue weighted by Gasteiger charge is -2.20. The SMILES string of the molecule is CC(C)Oc1cc(Oc2ccc(C(=O)N3CCCN(C)CC3)cc2)cc(C(=O)Nc2nccs2)c1. The molecule has 2 amide bonds. The molecule has 1 N–H and O–H groups in total. The number of hydrogen-bond donors (Lipinski definition) is 1. The van der Waals surface area contributed by atoms with Crippen LogP contribution in [-0.2, 0) is 0 Å². The highest BCUT2D eigenvalue weighted by Gasteiger charge is 2.19. The topological polar surface area (TPSA) is 84.0 Å². The van der Waals surface area contributed by atoms with Crippen LogP contribution in [0, 0.1) is 0 Å². The normalized spacial score (nSPS) is 14.5. The highest BCUT2D eigenvalue weighted by atomic mass is 32.1. The van der Waals surface area contributed by atoms with E-state index in [-0.39, 0.29) is 17.9 Å². The Bertz CT molecular complexity index is 1150. The van der Waals surface area contributed by atoms with Gasteiger partial charge < -0.3 is 19.3 Å². The van der Waals surface area contributed by atoms with Gasteiger partial charge in [-0.1, -0.05) is 0 Å². The van der Waals surface area contributed by atoms with Crippen LogP contribution in [0.15, 0.2) is 54.0 Å². The van der Waals surface area contributed by atoms with Crippen LogP contribution in [0.4, 0.5) is 5.13 Å². The van der Waals surface area contributed by atoms with Crippen molar-refractivity contribution >= 4 is 28.3 Å². The van der Waals surface area contributed by atoms with E-state index in [1.165, 1.54) is 11.3 Å². The van der Waals surface area contributed by atoms with E-state index in [0.717, 1.165) is 32.6 Å². The summed E-state index contributed by atoms with van der Waals surface area (Å²) in [6.45, 7) is 7.19. The van der Waals surface area contributed by atoms with Crippen molar-refractivity contribution in [2.75, 3.05) is 38.5 Å². The molecule has 8 nitrogen and oxygen atoms in total. The highest BCUT2D eigenvalue weighted by molar-refractivity contribution is 7.13. The van der Waals surface area contributed by atoms with Gasteiger partial charge in [-0.3, -0.25) is 14.9 Å². The van der Waals surface area contributed by atoms with Crippen LogP contribution in [0.5, 0.6) is 17.2 Å². The largest absolute Gasteiger partial charge is 0.491 e. The summed E-state index contributed by atoms with van der Waals surface area (Å²) in [5.41, 5.74) is 1.02. The standard InChI is InChI=1S/C26H30N4O4S/c1-18(2)33-22-15-20(24(31)28-26-27-9-14-35-26)16-23(17-22)34-21-7-5-19(6-8-21)25(32)30-11-4-10-29(3)12-13-30/h5-9,14-18H,4,10-13H2,1-3H3,(H,27,28,31). The molecule has 0 saturated carbocycles. The zero-order valence-electron chi connectivity index (χ0n) is 20.2. The van der Waals surface area contributed by atoms with Gasteiger partial charge in [0.2, 0.25) is 0 Å². The van der Waals surface area contributed by atoms with E-state index in [1.807, 2.05) is 18.7 Å². The number of carbonyl (C=O) groups is 2. The third-order valence-electron chi connectivity index (χ3n) is 5.51. The van der Waals surface area contributed by atoms with Crippen LogP contribution < -0.4 is 14.8 Å². The molecule has 1 aromatic heterocycles. The number of likely N-dealkylation sites (N-methyl/N-ethyl adjacent to an activating group) is 1. The Hall–Kier alpha value is -3.43. The van der Waals surface area contributed by atoms with Crippen molar-refractivity contribution in [1.29, 1.82) is 0 Å². The first-order valence-corrected chi connectivity index (χ1v) is 12.5. The molecule has 0 radical (unpaired) electrons. The molecule has 0 bridgehead atoms. The summed E-state index contributed by atoms with van der Waals surface area (Å²) >= 11 is 1.34. The Kier molecular flexibility index (Phi) is 7.99. The molecule has 0 unspecified atom stereocenters. The number of hydrogen-bond acceptors (Lipinski definition) is 7. The lowest BCUT2D eigenvalue weighted by molar-refractivity contribution is 0.0762. The fourth-order valence-electron chi connectivity index (χ4n) is 3.79. The second-order valence-corrected chi connectivity index (χ2v) is 9.62. The highest BCUT2D eigenvalue weighted by Crippen LogP contribution is 2.29. The van der Waals surface area contributed by atoms with Crippen LogP contribution in [0.3, 0.4) is 0 Å². The number of amides is 2. The molecule has 2 heterocycles. The van der Waals surface area contributed by atoms with E-state index in [2.05, 4.69) is 22.2 Å². The Morgan fingerprint density at radius 3 is 2.46 bits per heavy atom. The first kappa shape index (κ1) is 24.7. The fraction of sp³-hybridized carbons (Fsp3) is 0.346. The quantitative estimate of drug-likeness (QED) is 0.510. The van der Waals surface area contributed by atoms with Gasteiger partial charge in [-0.25, -0.2) is 4.98 Å². The van der Waals surface area contributed by atoms with Gasteiger partial charge in [-0.05, 0) is 70.3 Å². The summed E-state index contributed by atoms with van der Waals surface area (Å²) in [4.78, 5) is 33.9. The number of benzene rings is 2. The van der Waals surface area contributed by atoms with Gasteiger partial charge in [0.15, 0.2) is 5.13 Å². The zero-order valence-corrected chi connectivity index (χ0v) is 21.0. The molecule has 1 saturated heterocycles. The fourth-order valence-corrected chi connectivity index (χ4v) is 4.31. The number of nitrogens with zero attached hydrogens (tertiary/aromatic N) is 3. The molecule has 184 valence electrons. The smallest absolute Gasteiger partial charge is 0.257 e. The molecule has 9 heteroatoms. The number of ether oxygens (including phenoxy) is 2. The van der Waals surface area contributed by atoms with E-state index in [9.17, 15) is 9.59 Å². The number of nitrogens with one attached hydrogen (secondary N) is 1. The van der Waals surface area contributed by atoms with Crippen LogP contribution in [0.2, 0.25) is 0 Å². The predicted molar refractivity (Wildman–Crippen MR) is 137 cm³/mol. The lowest BCUT2D eigenvalue weighted by atomic mass is 10.1. The molecule has 35 heavy (non-hydrogen) atoms. The molecule has 0 atom stereocenters. The number of rotatable bonds is 7.